The SMILES string of the molecule is Cc1nc(N(C)C2CCCCC2)ncc1[C@H](C)N. The molecule has 0 aliphatic heterocycles. The molecule has 2 N–H and O–H groups in total. The van der Waals surface area contributed by atoms with Crippen LogP contribution in [0.2, 0.25) is 0 Å². The van der Waals surface area contributed by atoms with Crippen LogP contribution in [-0.4, -0.2) is 23.1 Å². The first kappa shape index (κ1) is 13.3. The maximum absolute atomic E-state index is 5.89. The van der Waals surface area contributed by atoms with Crippen molar-refractivity contribution >= 4 is 5.95 Å². The van der Waals surface area contributed by atoms with Crippen molar-refractivity contribution in [3.05, 3.63) is 17.5 Å². The molecule has 0 unspecified atom stereocenters. The van der Waals surface area contributed by atoms with Gasteiger partial charge in [0.1, 0.15) is 0 Å². The third-order valence-corrected chi connectivity index (χ3v) is 3.93. The summed E-state index contributed by atoms with van der Waals surface area (Å²) in [5.41, 5.74) is 7.93. The van der Waals surface area contributed by atoms with Gasteiger partial charge in [0.05, 0.1) is 0 Å². The van der Waals surface area contributed by atoms with Gasteiger partial charge in [-0.05, 0) is 26.7 Å². The van der Waals surface area contributed by atoms with Crippen molar-refractivity contribution in [1.29, 1.82) is 0 Å². The minimum Gasteiger partial charge on any atom is -0.341 e. The normalized spacial score (nSPS) is 18.7. The number of nitrogens with two attached hydrogens (primary N) is 1. The van der Waals surface area contributed by atoms with Crippen LogP contribution in [0.1, 0.15) is 56.3 Å². The molecule has 1 heterocycles. The predicted octanol–water partition coefficient (Wildman–Crippen LogP) is 2.57. The Morgan fingerprint density at radius 3 is 2.56 bits per heavy atom. The van der Waals surface area contributed by atoms with Gasteiger partial charge >= 0.3 is 0 Å². The quantitative estimate of drug-likeness (QED) is 0.893. The van der Waals surface area contributed by atoms with Crippen LogP contribution in [0.4, 0.5) is 5.95 Å². The molecule has 1 fully saturated rings. The fourth-order valence-corrected chi connectivity index (χ4v) is 2.71. The number of aryl methyl sites for hydroxylation is 1. The Hall–Kier alpha value is -1.16. The molecule has 1 aromatic heterocycles. The zero-order valence-electron chi connectivity index (χ0n) is 11.7. The molecule has 1 aromatic rings. The van der Waals surface area contributed by atoms with Crippen LogP contribution in [0, 0.1) is 6.92 Å². The second-order valence-electron chi connectivity index (χ2n) is 5.40. The van der Waals surface area contributed by atoms with Gasteiger partial charge in [-0.3, -0.25) is 0 Å². The standard InChI is InChI=1S/C14H24N4/c1-10(15)13-9-16-14(17-11(13)2)18(3)12-7-5-4-6-8-12/h9-10,12H,4-8,15H2,1-3H3/t10-/m0/s1. The largest absolute Gasteiger partial charge is 0.341 e. The monoisotopic (exact) mass is 248 g/mol. The van der Waals surface area contributed by atoms with Crippen molar-refractivity contribution in [3.8, 4) is 0 Å². The van der Waals surface area contributed by atoms with Gasteiger partial charge < -0.3 is 10.6 Å². The Labute approximate surface area is 110 Å². The molecule has 4 nitrogen and oxygen atoms in total. The van der Waals surface area contributed by atoms with Gasteiger partial charge in [0.25, 0.3) is 0 Å². The van der Waals surface area contributed by atoms with E-state index in [1.807, 2.05) is 20.0 Å². The molecule has 4 heteroatoms. The smallest absolute Gasteiger partial charge is 0.225 e. The highest BCUT2D eigenvalue weighted by atomic mass is 15.2. The van der Waals surface area contributed by atoms with Gasteiger partial charge in [0.2, 0.25) is 5.95 Å². The molecule has 0 bridgehead atoms. The van der Waals surface area contributed by atoms with Gasteiger partial charge in [-0.15, -0.1) is 0 Å². The van der Waals surface area contributed by atoms with Crippen LogP contribution >= 0.6 is 0 Å². The first-order chi connectivity index (χ1) is 8.59. The third-order valence-electron chi connectivity index (χ3n) is 3.93. The lowest BCUT2D eigenvalue weighted by atomic mass is 9.95. The predicted molar refractivity (Wildman–Crippen MR) is 74.6 cm³/mol. The Morgan fingerprint density at radius 1 is 1.33 bits per heavy atom. The topological polar surface area (TPSA) is 55.0 Å². The first-order valence-corrected chi connectivity index (χ1v) is 6.91. The van der Waals surface area contributed by atoms with Crippen molar-refractivity contribution in [1.82, 2.24) is 9.97 Å². The molecular weight excluding hydrogens is 224 g/mol. The molecule has 18 heavy (non-hydrogen) atoms. The van der Waals surface area contributed by atoms with E-state index in [-0.39, 0.29) is 6.04 Å². The average molecular weight is 248 g/mol. The second-order valence-corrected chi connectivity index (χ2v) is 5.40. The van der Waals surface area contributed by atoms with E-state index in [0.29, 0.717) is 6.04 Å². The summed E-state index contributed by atoms with van der Waals surface area (Å²) in [5, 5.41) is 0. The van der Waals surface area contributed by atoms with E-state index in [4.69, 9.17) is 5.73 Å². The van der Waals surface area contributed by atoms with E-state index < -0.39 is 0 Å². The molecule has 0 amide bonds. The number of nitrogens with zero attached hydrogens (tertiary/aromatic N) is 3. The van der Waals surface area contributed by atoms with Crippen LogP contribution in [-0.2, 0) is 0 Å². The molecule has 0 aromatic carbocycles. The van der Waals surface area contributed by atoms with E-state index in [2.05, 4.69) is 21.9 Å². The molecule has 1 saturated carbocycles. The van der Waals surface area contributed by atoms with Crippen LogP contribution in [0.3, 0.4) is 0 Å². The summed E-state index contributed by atoms with van der Waals surface area (Å²) in [5.74, 6) is 0.837. The van der Waals surface area contributed by atoms with Crippen molar-refractivity contribution in [2.24, 2.45) is 5.73 Å². The molecule has 2 rings (SSSR count). The third kappa shape index (κ3) is 2.80. The maximum atomic E-state index is 5.89. The molecule has 100 valence electrons. The number of rotatable bonds is 3. The number of hydrogen-bond donors (Lipinski definition) is 1. The summed E-state index contributed by atoms with van der Waals surface area (Å²) in [6, 6.07) is 0.596. The average Bonchev–Trinajstić information content (AvgIpc) is 2.38. The Kier molecular flexibility index (Phi) is 4.17. The number of anilines is 1. The van der Waals surface area contributed by atoms with Crippen molar-refractivity contribution in [2.75, 3.05) is 11.9 Å². The minimum atomic E-state index is -0.000892. The summed E-state index contributed by atoms with van der Waals surface area (Å²) in [7, 11) is 2.11. The fourth-order valence-electron chi connectivity index (χ4n) is 2.71. The Balaban J connectivity index is 2.15. The molecule has 1 atom stereocenters. The minimum absolute atomic E-state index is 0.000892. The van der Waals surface area contributed by atoms with Gasteiger partial charge in [0, 0.05) is 36.6 Å². The molecule has 1 aliphatic rings. The molecule has 0 spiro atoms. The van der Waals surface area contributed by atoms with Gasteiger partial charge in [-0.25, -0.2) is 9.97 Å². The zero-order chi connectivity index (χ0) is 13.1. The van der Waals surface area contributed by atoms with Gasteiger partial charge in [-0.1, -0.05) is 19.3 Å². The summed E-state index contributed by atoms with van der Waals surface area (Å²) in [6.07, 6.45) is 8.41. The van der Waals surface area contributed by atoms with Crippen molar-refractivity contribution < 1.29 is 0 Å². The molecule has 0 saturated heterocycles. The lowest BCUT2D eigenvalue weighted by Crippen LogP contribution is -2.34. The van der Waals surface area contributed by atoms with Crippen molar-refractivity contribution in [3.63, 3.8) is 0 Å². The molecule has 1 aliphatic carbocycles. The highest BCUT2D eigenvalue weighted by Gasteiger charge is 2.20. The summed E-state index contributed by atoms with van der Waals surface area (Å²) in [4.78, 5) is 11.3. The second kappa shape index (κ2) is 5.65. The van der Waals surface area contributed by atoms with E-state index in [1.165, 1.54) is 32.1 Å². The number of aromatic nitrogens is 2. The van der Waals surface area contributed by atoms with E-state index in [9.17, 15) is 0 Å². The van der Waals surface area contributed by atoms with Crippen molar-refractivity contribution in [2.45, 2.75) is 58.0 Å². The van der Waals surface area contributed by atoms with Crippen LogP contribution in [0.15, 0.2) is 6.20 Å². The lowest BCUT2D eigenvalue weighted by Gasteiger charge is -2.31. The van der Waals surface area contributed by atoms with Crippen LogP contribution in [0.5, 0.6) is 0 Å². The van der Waals surface area contributed by atoms with Crippen LogP contribution < -0.4 is 10.6 Å². The van der Waals surface area contributed by atoms with Crippen LogP contribution in [0.25, 0.3) is 0 Å². The highest BCUT2D eigenvalue weighted by Crippen LogP contribution is 2.24. The molecular formula is C14H24N4. The maximum Gasteiger partial charge on any atom is 0.225 e. The Morgan fingerprint density at radius 2 is 2.00 bits per heavy atom. The summed E-state index contributed by atoms with van der Waals surface area (Å²) in [6.45, 7) is 3.98. The highest BCUT2D eigenvalue weighted by molar-refractivity contribution is 5.34. The van der Waals surface area contributed by atoms with E-state index in [0.717, 1.165) is 17.2 Å². The van der Waals surface area contributed by atoms with Gasteiger partial charge in [-0.2, -0.15) is 0 Å². The first-order valence-electron chi connectivity index (χ1n) is 6.91. The fraction of sp³-hybridized carbons (Fsp3) is 0.714. The summed E-state index contributed by atoms with van der Waals surface area (Å²) < 4.78 is 0. The molecule has 0 radical (unpaired) electrons. The van der Waals surface area contributed by atoms with E-state index >= 15 is 0 Å². The number of hydrogen-bond acceptors (Lipinski definition) is 4. The van der Waals surface area contributed by atoms with Gasteiger partial charge in [0.15, 0.2) is 0 Å². The lowest BCUT2D eigenvalue weighted by molar-refractivity contribution is 0.424. The Bertz CT molecular complexity index is 397. The van der Waals surface area contributed by atoms with E-state index in [1.54, 1.807) is 0 Å². The summed E-state index contributed by atoms with van der Waals surface area (Å²) >= 11 is 0. The zero-order valence-corrected chi connectivity index (χ0v) is 11.7.